The van der Waals surface area contributed by atoms with E-state index >= 15 is 0 Å². The predicted octanol–water partition coefficient (Wildman–Crippen LogP) is 4.27. The minimum Gasteiger partial charge on any atom is -0.378 e. The molecule has 2 aliphatic heterocycles. The van der Waals surface area contributed by atoms with Crippen LogP contribution in [-0.4, -0.2) is 50.7 Å². The van der Waals surface area contributed by atoms with Crippen LogP contribution in [-0.2, 0) is 13.1 Å². The molecule has 33 heavy (non-hydrogen) atoms. The summed E-state index contributed by atoms with van der Waals surface area (Å²) in [5, 5.41) is 0. The number of aromatic nitrogens is 1. The van der Waals surface area contributed by atoms with Crippen molar-refractivity contribution in [2.75, 3.05) is 51.1 Å². The van der Waals surface area contributed by atoms with Gasteiger partial charge in [0.2, 0.25) is 0 Å². The third-order valence-electron chi connectivity index (χ3n) is 7.23. The molecule has 2 atom stereocenters. The van der Waals surface area contributed by atoms with Gasteiger partial charge in [-0.1, -0.05) is 24.3 Å². The van der Waals surface area contributed by atoms with Crippen LogP contribution >= 0.6 is 0 Å². The average Bonchev–Trinajstić information content (AvgIpc) is 2.80. The van der Waals surface area contributed by atoms with Gasteiger partial charge in [0, 0.05) is 82.9 Å². The number of hydrogen-bond acceptors (Lipinski definition) is 4. The van der Waals surface area contributed by atoms with Crippen molar-refractivity contribution in [3.63, 3.8) is 0 Å². The van der Waals surface area contributed by atoms with E-state index in [4.69, 9.17) is 0 Å². The van der Waals surface area contributed by atoms with Crippen LogP contribution < -0.4 is 15.4 Å². The Balaban J connectivity index is 1.36. The number of hydrogen-bond donors (Lipinski definition) is 0. The number of nitrogens with zero attached hydrogens (tertiary/aromatic N) is 4. The first-order valence-electron chi connectivity index (χ1n) is 11.9. The largest absolute Gasteiger partial charge is 0.378 e. The van der Waals surface area contributed by atoms with Gasteiger partial charge >= 0.3 is 0 Å². The van der Waals surface area contributed by atoms with Crippen LogP contribution in [0, 0.1) is 5.92 Å². The molecule has 0 saturated carbocycles. The topological polar surface area (TPSA) is 31.7 Å². The van der Waals surface area contributed by atoms with Crippen molar-refractivity contribution in [2.45, 2.75) is 25.4 Å². The van der Waals surface area contributed by atoms with Crippen LogP contribution in [0.2, 0.25) is 0 Å². The smallest absolute Gasteiger partial charge is 0.258 e. The van der Waals surface area contributed by atoms with E-state index < -0.39 is 0 Å². The number of fused-ring (bicyclic) bond motifs is 4. The lowest BCUT2D eigenvalue weighted by atomic mass is 9.82. The molecule has 0 N–H and O–H groups in total. The van der Waals surface area contributed by atoms with E-state index in [1.165, 1.54) is 23.4 Å². The van der Waals surface area contributed by atoms with Gasteiger partial charge in [-0.05, 0) is 59.9 Å². The number of benzene rings is 2. The van der Waals surface area contributed by atoms with Crippen LogP contribution in [0.25, 0.3) is 11.1 Å². The fraction of sp³-hybridized carbons (Fsp3) is 0.393. The highest BCUT2D eigenvalue weighted by Crippen LogP contribution is 2.36. The SMILES string of the molecule is CN(C)c1ccc(CN2C[C@@H]3C[C@H](C2)c2ccc(-c4ccc(N(C)C)cc4)c(=O)n2C3)cc1. The van der Waals surface area contributed by atoms with Gasteiger partial charge in [0.1, 0.15) is 0 Å². The highest BCUT2D eigenvalue weighted by Gasteiger charge is 2.35. The number of piperidine rings is 1. The summed E-state index contributed by atoms with van der Waals surface area (Å²) in [5.41, 5.74) is 6.90. The third-order valence-corrected chi connectivity index (χ3v) is 7.23. The number of likely N-dealkylation sites (tertiary alicyclic amines) is 1. The minimum absolute atomic E-state index is 0.160. The van der Waals surface area contributed by atoms with Crippen molar-refractivity contribution in [1.82, 2.24) is 9.47 Å². The lowest BCUT2D eigenvalue weighted by Gasteiger charge is -2.43. The highest BCUT2D eigenvalue weighted by atomic mass is 16.1. The maximum Gasteiger partial charge on any atom is 0.258 e. The maximum absolute atomic E-state index is 13.5. The maximum atomic E-state index is 13.5. The molecule has 0 unspecified atom stereocenters. The van der Waals surface area contributed by atoms with Crippen LogP contribution in [0.5, 0.6) is 0 Å². The molecule has 0 aliphatic carbocycles. The number of pyridine rings is 1. The van der Waals surface area contributed by atoms with E-state index in [9.17, 15) is 4.79 Å². The number of anilines is 2. The van der Waals surface area contributed by atoms with E-state index in [0.717, 1.165) is 43.0 Å². The fourth-order valence-electron chi connectivity index (χ4n) is 5.49. The van der Waals surface area contributed by atoms with E-state index in [1.807, 2.05) is 20.2 Å². The van der Waals surface area contributed by atoms with Gasteiger partial charge in [-0.2, -0.15) is 0 Å². The third kappa shape index (κ3) is 4.30. The second kappa shape index (κ2) is 8.71. The first-order chi connectivity index (χ1) is 15.9. The van der Waals surface area contributed by atoms with Crippen molar-refractivity contribution >= 4 is 11.4 Å². The molecule has 5 nitrogen and oxygen atoms in total. The standard InChI is InChI=1S/C28H34N4O/c1-29(2)24-9-5-20(6-10-24)16-31-17-21-15-23(19-31)27-14-13-26(28(33)32(27)18-21)22-7-11-25(12-8-22)30(3)4/h5-14,21,23H,15-19H2,1-4H3/t21-,23+/m0/s1. The highest BCUT2D eigenvalue weighted by molar-refractivity contribution is 5.65. The fourth-order valence-corrected chi connectivity index (χ4v) is 5.49. The quantitative estimate of drug-likeness (QED) is 0.591. The molecule has 1 saturated heterocycles. The molecule has 5 rings (SSSR count). The zero-order valence-electron chi connectivity index (χ0n) is 20.2. The molecule has 1 aromatic heterocycles. The molecule has 2 aromatic carbocycles. The molecule has 172 valence electrons. The monoisotopic (exact) mass is 442 g/mol. The second-order valence-electron chi connectivity index (χ2n) is 10.1. The van der Waals surface area contributed by atoms with Crippen LogP contribution in [0.4, 0.5) is 11.4 Å². The molecule has 3 aromatic rings. The van der Waals surface area contributed by atoms with Gasteiger partial charge < -0.3 is 14.4 Å². The summed E-state index contributed by atoms with van der Waals surface area (Å²) in [6.45, 7) is 3.87. The molecule has 5 heteroatoms. The second-order valence-corrected chi connectivity index (χ2v) is 10.1. The van der Waals surface area contributed by atoms with Gasteiger partial charge in [0.05, 0.1) is 0 Å². The molecule has 0 amide bonds. The molecular formula is C28H34N4O. The molecule has 3 heterocycles. The normalized spacial score (nSPS) is 19.8. The summed E-state index contributed by atoms with van der Waals surface area (Å²) in [6.07, 6.45) is 1.19. The van der Waals surface area contributed by atoms with Crippen molar-refractivity contribution in [3.8, 4) is 11.1 Å². The lowest BCUT2D eigenvalue weighted by Crippen LogP contribution is -2.46. The van der Waals surface area contributed by atoms with Crippen molar-refractivity contribution in [2.24, 2.45) is 5.92 Å². The van der Waals surface area contributed by atoms with E-state index in [-0.39, 0.29) is 5.56 Å². The Labute approximate surface area is 196 Å². The van der Waals surface area contributed by atoms with Gasteiger partial charge in [0.25, 0.3) is 5.56 Å². The number of rotatable bonds is 5. The molecular weight excluding hydrogens is 408 g/mol. The first kappa shape index (κ1) is 21.8. The molecule has 0 radical (unpaired) electrons. The van der Waals surface area contributed by atoms with Gasteiger partial charge in [0.15, 0.2) is 0 Å². The van der Waals surface area contributed by atoms with Gasteiger partial charge in [-0.3, -0.25) is 9.69 Å². The van der Waals surface area contributed by atoms with E-state index in [0.29, 0.717) is 11.8 Å². The Morgan fingerprint density at radius 2 is 1.42 bits per heavy atom. The summed E-state index contributed by atoms with van der Waals surface area (Å²) in [5.74, 6) is 0.956. The Hall–Kier alpha value is -3.05. The van der Waals surface area contributed by atoms with E-state index in [1.54, 1.807) is 0 Å². The summed E-state index contributed by atoms with van der Waals surface area (Å²) in [6, 6.07) is 21.4. The first-order valence-corrected chi connectivity index (χ1v) is 11.9. The minimum atomic E-state index is 0.160. The molecule has 2 aliphatic rings. The van der Waals surface area contributed by atoms with E-state index in [2.05, 4.69) is 88.0 Å². The molecule has 0 spiro atoms. The Kier molecular flexibility index (Phi) is 5.75. The zero-order valence-corrected chi connectivity index (χ0v) is 20.2. The predicted molar refractivity (Wildman–Crippen MR) is 137 cm³/mol. The summed E-state index contributed by atoms with van der Waals surface area (Å²) < 4.78 is 2.07. The van der Waals surface area contributed by atoms with Gasteiger partial charge in [-0.15, -0.1) is 0 Å². The summed E-state index contributed by atoms with van der Waals surface area (Å²) >= 11 is 0. The van der Waals surface area contributed by atoms with Crippen molar-refractivity contribution < 1.29 is 0 Å². The zero-order chi connectivity index (χ0) is 23.1. The molecule has 1 fully saturated rings. The average molecular weight is 443 g/mol. The summed E-state index contributed by atoms with van der Waals surface area (Å²) in [4.78, 5) is 20.2. The summed E-state index contributed by atoms with van der Waals surface area (Å²) in [7, 11) is 8.21. The Morgan fingerprint density at radius 3 is 2.06 bits per heavy atom. The van der Waals surface area contributed by atoms with Crippen LogP contribution in [0.1, 0.15) is 23.6 Å². The van der Waals surface area contributed by atoms with Crippen LogP contribution in [0.3, 0.4) is 0 Å². The van der Waals surface area contributed by atoms with Crippen molar-refractivity contribution in [3.05, 3.63) is 82.3 Å². The lowest BCUT2D eigenvalue weighted by molar-refractivity contribution is 0.114. The molecule has 2 bridgehead atoms. The van der Waals surface area contributed by atoms with Gasteiger partial charge in [-0.25, -0.2) is 0 Å². The van der Waals surface area contributed by atoms with Crippen molar-refractivity contribution in [1.29, 1.82) is 0 Å². The Morgan fingerprint density at radius 1 is 0.788 bits per heavy atom. The Bertz CT molecular complexity index is 1180. The van der Waals surface area contributed by atoms with Crippen LogP contribution in [0.15, 0.2) is 65.5 Å².